The SMILES string of the molecule is COCCNC(=O)C1CCC(C(=O)N2CCOCC2)CC1. The summed E-state index contributed by atoms with van der Waals surface area (Å²) in [5.41, 5.74) is 0. The second kappa shape index (κ2) is 8.34. The number of carbonyl (C=O) groups excluding carboxylic acids is 2. The molecule has 0 aromatic carbocycles. The first-order valence-electron chi connectivity index (χ1n) is 7.85. The first-order valence-corrected chi connectivity index (χ1v) is 7.85. The molecule has 1 aliphatic heterocycles. The van der Waals surface area contributed by atoms with Gasteiger partial charge in [0.2, 0.25) is 11.8 Å². The number of hydrogen-bond acceptors (Lipinski definition) is 4. The molecule has 0 radical (unpaired) electrons. The Morgan fingerprint density at radius 1 is 1.14 bits per heavy atom. The van der Waals surface area contributed by atoms with Crippen LogP contribution in [-0.2, 0) is 19.1 Å². The van der Waals surface area contributed by atoms with E-state index >= 15 is 0 Å². The Morgan fingerprint density at radius 3 is 2.38 bits per heavy atom. The van der Waals surface area contributed by atoms with Gasteiger partial charge in [0.15, 0.2) is 0 Å². The zero-order valence-electron chi connectivity index (χ0n) is 12.8. The molecule has 6 nitrogen and oxygen atoms in total. The van der Waals surface area contributed by atoms with Gasteiger partial charge in [-0.3, -0.25) is 9.59 Å². The van der Waals surface area contributed by atoms with E-state index in [0.717, 1.165) is 25.7 Å². The molecule has 2 rings (SSSR count). The van der Waals surface area contributed by atoms with Gasteiger partial charge in [-0.05, 0) is 25.7 Å². The van der Waals surface area contributed by atoms with Gasteiger partial charge >= 0.3 is 0 Å². The fraction of sp³-hybridized carbons (Fsp3) is 0.867. The van der Waals surface area contributed by atoms with E-state index in [1.54, 1.807) is 7.11 Å². The normalized spacial score (nSPS) is 26.4. The lowest BCUT2D eigenvalue weighted by Crippen LogP contribution is -2.45. The molecule has 120 valence electrons. The number of amides is 2. The summed E-state index contributed by atoms with van der Waals surface area (Å²) >= 11 is 0. The highest BCUT2D eigenvalue weighted by Crippen LogP contribution is 2.30. The van der Waals surface area contributed by atoms with Crippen LogP contribution in [0.3, 0.4) is 0 Å². The largest absolute Gasteiger partial charge is 0.383 e. The van der Waals surface area contributed by atoms with Crippen LogP contribution in [0.4, 0.5) is 0 Å². The van der Waals surface area contributed by atoms with Crippen molar-refractivity contribution in [1.29, 1.82) is 0 Å². The van der Waals surface area contributed by atoms with Crippen LogP contribution in [0.15, 0.2) is 0 Å². The standard InChI is InChI=1S/C15H26N2O4/c1-20-9-6-16-14(18)12-2-4-13(5-3-12)15(19)17-7-10-21-11-8-17/h12-13H,2-11H2,1H3,(H,16,18). The molecule has 0 atom stereocenters. The number of carbonyl (C=O) groups is 2. The van der Waals surface area contributed by atoms with Gasteiger partial charge in [0.25, 0.3) is 0 Å². The Bertz CT molecular complexity index is 348. The lowest BCUT2D eigenvalue weighted by molar-refractivity contribution is -0.142. The lowest BCUT2D eigenvalue weighted by atomic mass is 9.81. The topological polar surface area (TPSA) is 67.9 Å². The Morgan fingerprint density at radius 2 is 1.76 bits per heavy atom. The number of nitrogens with zero attached hydrogens (tertiary/aromatic N) is 1. The van der Waals surface area contributed by atoms with E-state index in [1.165, 1.54) is 0 Å². The van der Waals surface area contributed by atoms with Gasteiger partial charge in [0.1, 0.15) is 0 Å². The van der Waals surface area contributed by atoms with Crippen LogP contribution in [0.5, 0.6) is 0 Å². The maximum atomic E-state index is 12.4. The van der Waals surface area contributed by atoms with Gasteiger partial charge < -0.3 is 19.7 Å². The van der Waals surface area contributed by atoms with Crippen molar-refractivity contribution in [2.24, 2.45) is 11.8 Å². The van der Waals surface area contributed by atoms with E-state index in [2.05, 4.69) is 5.32 Å². The fourth-order valence-electron chi connectivity index (χ4n) is 3.07. The summed E-state index contributed by atoms with van der Waals surface area (Å²) in [5, 5.41) is 2.88. The highest BCUT2D eigenvalue weighted by atomic mass is 16.5. The van der Waals surface area contributed by atoms with Gasteiger partial charge in [0, 0.05) is 38.6 Å². The van der Waals surface area contributed by atoms with Crippen LogP contribution in [0, 0.1) is 11.8 Å². The van der Waals surface area contributed by atoms with Crippen molar-refractivity contribution in [2.75, 3.05) is 46.6 Å². The van der Waals surface area contributed by atoms with Crippen molar-refractivity contribution < 1.29 is 19.1 Å². The maximum absolute atomic E-state index is 12.4. The van der Waals surface area contributed by atoms with Gasteiger partial charge in [-0.2, -0.15) is 0 Å². The van der Waals surface area contributed by atoms with Crippen molar-refractivity contribution in [3.63, 3.8) is 0 Å². The summed E-state index contributed by atoms with van der Waals surface area (Å²) in [4.78, 5) is 26.3. The molecule has 2 fully saturated rings. The molecule has 2 amide bonds. The average molecular weight is 298 g/mol. The Kier molecular flexibility index (Phi) is 6.45. The first-order chi connectivity index (χ1) is 10.2. The molecule has 1 N–H and O–H groups in total. The molecule has 0 aromatic rings. The van der Waals surface area contributed by atoms with Gasteiger partial charge in [0.05, 0.1) is 19.8 Å². The molecule has 1 heterocycles. The number of ether oxygens (including phenoxy) is 2. The van der Waals surface area contributed by atoms with Crippen LogP contribution in [0.1, 0.15) is 25.7 Å². The molecule has 0 bridgehead atoms. The summed E-state index contributed by atoms with van der Waals surface area (Å²) in [6, 6.07) is 0. The highest BCUT2D eigenvalue weighted by molar-refractivity contribution is 5.81. The molecular weight excluding hydrogens is 272 g/mol. The first kappa shape index (κ1) is 16.2. The van der Waals surface area contributed by atoms with Crippen molar-refractivity contribution in [3.8, 4) is 0 Å². The maximum Gasteiger partial charge on any atom is 0.225 e. The molecule has 1 aliphatic carbocycles. The van der Waals surface area contributed by atoms with Gasteiger partial charge in [-0.1, -0.05) is 0 Å². The molecule has 0 unspecified atom stereocenters. The molecule has 0 spiro atoms. The molecule has 21 heavy (non-hydrogen) atoms. The quantitative estimate of drug-likeness (QED) is 0.747. The number of methoxy groups -OCH3 is 1. The van der Waals surface area contributed by atoms with Crippen LogP contribution >= 0.6 is 0 Å². The molecule has 2 aliphatic rings. The summed E-state index contributed by atoms with van der Waals surface area (Å²) in [6.45, 7) is 3.79. The molecule has 1 saturated carbocycles. The molecule has 1 saturated heterocycles. The van der Waals surface area contributed by atoms with Crippen LogP contribution in [0.25, 0.3) is 0 Å². The second-order valence-electron chi connectivity index (χ2n) is 5.77. The van der Waals surface area contributed by atoms with E-state index < -0.39 is 0 Å². The third-order valence-corrected chi connectivity index (χ3v) is 4.38. The summed E-state index contributed by atoms with van der Waals surface area (Å²) in [7, 11) is 1.62. The van der Waals surface area contributed by atoms with Gasteiger partial charge in [-0.15, -0.1) is 0 Å². The Labute approximate surface area is 126 Å². The zero-order chi connectivity index (χ0) is 15.1. The zero-order valence-corrected chi connectivity index (χ0v) is 12.8. The minimum Gasteiger partial charge on any atom is -0.383 e. The van der Waals surface area contributed by atoms with Crippen LogP contribution in [0.2, 0.25) is 0 Å². The monoisotopic (exact) mass is 298 g/mol. The van der Waals surface area contributed by atoms with E-state index in [4.69, 9.17) is 9.47 Å². The summed E-state index contributed by atoms with van der Waals surface area (Å²) in [6.07, 6.45) is 3.25. The third kappa shape index (κ3) is 4.68. The molecular formula is C15H26N2O4. The number of rotatable bonds is 5. The third-order valence-electron chi connectivity index (χ3n) is 4.38. The summed E-state index contributed by atoms with van der Waals surface area (Å²) < 4.78 is 10.2. The van der Waals surface area contributed by atoms with Crippen LogP contribution in [-0.4, -0.2) is 63.3 Å². The van der Waals surface area contributed by atoms with E-state index in [-0.39, 0.29) is 23.7 Å². The van der Waals surface area contributed by atoms with E-state index in [9.17, 15) is 9.59 Å². The second-order valence-corrected chi connectivity index (χ2v) is 5.77. The minimum atomic E-state index is 0.0515. The van der Waals surface area contributed by atoms with E-state index in [1.807, 2.05) is 4.90 Å². The van der Waals surface area contributed by atoms with Gasteiger partial charge in [-0.25, -0.2) is 0 Å². The van der Waals surface area contributed by atoms with Crippen molar-refractivity contribution in [2.45, 2.75) is 25.7 Å². The van der Waals surface area contributed by atoms with Crippen LogP contribution < -0.4 is 5.32 Å². The predicted molar refractivity (Wildman–Crippen MR) is 77.7 cm³/mol. The highest BCUT2D eigenvalue weighted by Gasteiger charge is 2.32. The van der Waals surface area contributed by atoms with E-state index in [0.29, 0.717) is 39.5 Å². The fourth-order valence-corrected chi connectivity index (χ4v) is 3.07. The van der Waals surface area contributed by atoms with Crippen molar-refractivity contribution in [3.05, 3.63) is 0 Å². The smallest absolute Gasteiger partial charge is 0.225 e. The minimum absolute atomic E-state index is 0.0515. The number of morpholine rings is 1. The Hall–Kier alpha value is -1.14. The predicted octanol–water partition coefficient (Wildman–Crippen LogP) is 0.414. The Balaban J connectivity index is 1.72. The molecule has 6 heteroatoms. The summed E-state index contributed by atoms with van der Waals surface area (Å²) in [5.74, 6) is 0.489. The average Bonchev–Trinajstić information content (AvgIpc) is 2.55. The number of nitrogens with one attached hydrogen (secondary N) is 1. The number of hydrogen-bond donors (Lipinski definition) is 1. The van der Waals surface area contributed by atoms with Crippen molar-refractivity contribution >= 4 is 11.8 Å². The lowest BCUT2D eigenvalue weighted by Gasteiger charge is -2.33. The molecule has 0 aromatic heterocycles. The van der Waals surface area contributed by atoms with Crippen molar-refractivity contribution in [1.82, 2.24) is 10.2 Å².